The van der Waals surface area contributed by atoms with Crippen LogP contribution in [0.3, 0.4) is 0 Å². The van der Waals surface area contributed by atoms with E-state index in [1.54, 1.807) is 56.3 Å². The number of hydrogen-bond donors (Lipinski definition) is 0. The second-order valence-electron chi connectivity index (χ2n) is 8.82. The van der Waals surface area contributed by atoms with Gasteiger partial charge >= 0.3 is 5.97 Å². The van der Waals surface area contributed by atoms with Crippen LogP contribution in [0.25, 0.3) is 33.5 Å². The molecule has 5 rings (SSSR count). The van der Waals surface area contributed by atoms with E-state index in [1.807, 2.05) is 24.3 Å². The topological polar surface area (TPSA) is 105 Å². The van der Waals surface area contributed by atoms with Crippen molar-refractivity contribution in [1.29, 1.82) is 0 Å². The summed E-state index contributed by atoms with van der Waals surface area (Å²) in [5.41, 5.74) is 1.12. The Balaban J connectivity index is 1.63. The molecule has 0 radical (unpaired) electrons. The largest absolute Gasteiger partial charge is 0.493 e. The Kier molecular flexibility index (Phi) is 7.33. The molecule has 0 aliphatic heterocycles. The molecule has 5 aromatic rings. The van der Waals surface area contributed by atoms with Gasteiger partial charge in [0, 0.05) is 22.0 Å². The van der Waals surface area contributed by atoms with Gasteiger partial charge in [0.2, 0.25) is 5.82 Å². The van der Waals surface area contributed by atoms with Gasteiger partial charge in [-0.05, 0) is 44.2 Å². The Labute approximate surface area is 228 Å². The highest BCUT2D eigenvalue weighted by Crippen LogP contribution is 2.34. The maximum Gasteiger partial charge on any atom is 0.344 e. The van der Waals surface area contributed by atoms with Crippen molar-refractivity contribution in [3.63, 3.8) is 0 Å². The molecule has 0 N–H and O–H groups in total. The van der Waals surface area contributed by atoms with Crippen LogP contribution in [0.1, 0.15) is 19.4 Å². The molecule has 0 unspecified atom stereocenters. The van der Waals surface area contributed by atoms with Gasteiger partial charge in [0.05, 0.1) is 30.3 Å². The predicted molar refractivity (Wildman–Crippen MR) is 149 cm³/mol. The normalized spacial score (nSPS) is 11.5. The first-order chi connectivity index (χ1) is 18.8. The summed E-state index contributed by atoms with van der Waals surface area (Å²) in [4.78, 5) is 30.4. The number of halogens is 1. The smallest absolute Gasteiger partial charge is 0.344 e. The van der Waals surface area contributed by atoms with E-state index < -0.39 is 11.5 Å². The summed E-state index contributed by atoms with van der Waals surface area (Å²) >= 11 is 6.31. The summed E-state index contributed by atoms with van der Waals surface area (Å²) in [5, 5.41) is 6.05. The molecule has 9 nitrogen and oxygen atoms in total. The lowest BCUT2D eigenvalue weighted by Gasteiger charge is -2.14. The lowest BCUT2D eigenvalue weighted by molar-refractivity contribution is -0.149. The van der Waals surface area contributed by atoms with Gasteiger partial charge in [-0.15, -0.1) is 0 Å². The molecule has 2 aromatic heterocycles. The maximum absolute atomic E-state index is 13.6. The van der Waals surface area contributed by atoms with Crippen molar-refractivity contribution in [1.82, 2.24) is 9.66 Å². The average Bonchev–Trinajstić information content (AvgIpc) is 3.35. The molecule has 0 atom stereocenters. The van der Waals surface area contributed by atoms with Crippen LogP contribution in [0.4, 0.5) is 0 Å². The third kappa shape index (κ3) is 5.49. The van der Waals surface area contributed by atoms with Crippen molar-refractivity contribution in [3.8, 4) is 23.1 Å². The molecule has 3 aromatic carbocycles. The first-order valence-electron chi connectivity index (χ1n) is 12.1. The summed E-state index contributed by atoms with van der Waals surface area (Å²) in [6.45, 7) is 3.13. The number of fused-ring (bicyclic) bond motifs is 2. The molecule has 0 amide bonds. The van der Waals surface area contributed by atoms with Crippen molar-refractivity contribution < 1.29 is 23.4 Å². The Bertz CT molecular complexity index is 1740. The highest BCUT2D eigenvalue weighted by Gasteiger charge is 2.18. The number of aromatic nitrogens is 2. The third-order valence-electron chi connectivity index (χ3n) is 5.68. The summed E-state index contributed by atoms with van der Waals surface area (Å²) in [5.74, 6) is 0.518. The zero-order chi connectivity index (χ0) is 27.5. The summed E-state index contributed by atoms with van der Waals surface area (Å²) in [6.07, 6.45) is 1.10. The van der Waals surface area contributed by atoms with Gasteiger partial charge in [-0.1, -0.05) is 41.9 Å². The minimum absolute atomic E-state index is 0.207. The van der Waals surface area contributed by atoms with Crippen molar-refractivity contribution in [3.05, 3.63) is 87.7 Å². The van der Waals surface area contributed by atoms with Crippen LogP contribution >= 0.6 is 11.6 Å². The fraction of sp³-hybridized carbons (Fsp3) is 0.172. The van der Waals surface area contributed by atoms with E-state index in [0.29, 0.717) is 32.8 Å². The molecular formula is C29H24ClN3O6. The molecule has 0 fully saturated rings. The Hall–Kier alpha value is -4.63. The number of carbonyl (C=O) groups is 1. The van der Waals surface area contributed by atoms with Crippen LogP contribution in [0.15, 0.2) is 81.0 Å². The second-order valence-corrected chi connectivity index (χ2v) is 9.25. The fourth-order valence-electron chi connectivity index (χ4n) is 4.02. The Morgan fingerprint density at radius 1 is 1.13 bits per heavy atom. The average molecular weight is 546 g/mol. The first-order valence-corrected chi connectivity index (χ1v) is 12.5. The molecule has 0 saturated carbocycles. The van der Waals surface area contributed by atoms with Crippen LogP contribution in [0.2, 0.25) is 5.02 Å². The zero-order valence-corrected chi connectivity index (χ0v) is 22.1. The number of hydrogen-bond acceptors (Lipinski definition) is 8. The van der Waals surface area contributed by atoms with Gasteiger partial charge in [-0.3, -0.25) is 4.79 Å². The SMILES string of the molecule is COc1cc(Cl)cc(C=Nn2c(-c3cc4ccccc4o3)nc3ccccc3c2=O)c1OCC(=O)OC(C)C. The Morgan fingerprint density at radius 2 is 1.90 bits per heavy atom. The maximum atomic E-state index is 13.6. The lowest BCUT2D eigenvalue weighted by Crippen LogP contribution is -2.20. The molecule has 10 heteroatoms. The number of rotatable bonds is 8. The van der Waals surface area contributed by atoms with E-state index in [-0.39, 0.29) is 30.0 Å². The van der Waals surface area contributed by atoms with E-state index in [1.165, 1.54) is 13.3 Å². The van der Waals surface area contributed by atoms with Gasteiger partial charge in [-0.25, -0.2) is 9.78 Å². The number of esters is 1. The molecule has 0 saturated heterocycles. The molecule has 2 heterocycles. The number of carbonyl (C=O) groups excluding carboxylic acids is 1. The van der Waals surface area contributed by atoms with Crippen LogP contribution in [-0.2, 0) is 9.53 Å². The predicted octanol–water partition coefficient (Wildman–Crippen LogP) is 5.68. The van der Waals surface area contributed by atoms with E-state index in [4.69, 9.17) is 30.2 Å². The molecular weight excluding hydrogens is 522 g/mol. The van der Waals surface area contributed by atoms with Crippen LogP contribution < -0.4 is 15.0 Å². The van der Waals surface area contributed by atoms with Crippen molar-refractivity contribution in [2.75, 3.05) is 13.7 Å². The first kappa shape index (κ1) is 26.0. The minimum atomic E-state index is -0.549. The lowest BCUT2D eigenvalue weighted by atomic mass is 10.2. The third-order valence-corrected chi connectivity index (χ3v) is 5.90. The number of furan rings is 1. The molecule has 0 aliphatic rings. The molecule has 0 spiro atoms. The number of para-hydroxylation sites is 2. The number of benzene rings is 3. The second kappa shape index (κ2) is 11.0. The quantitative estimate of drug-likeness (QED) is 0.182. The van der Waals surface area contributed by atoms with E-state index >= 15 is 0 Å². The highest BCUT2D eigenvalue weighted by molar-refractivity contribution is 6.31. The molecule has 39 heavy (non-hydrogen) atoms. The van der Waals surface area contributed by atoms with Crippen LogP contribution in [-0.4, -0.2) is 41.7 Å². The van der Waals surface area contributed by atoms with Crippen LogP contribution in [0, 0.1) is 0 Å². The van der Waals surface area contributed by atoms with Crippen molar-refractivity contribution >= 4 is 45.7 Å². The van der Waals surface area contributed by atoms with Gasteiger partial charge in [0.15, 0.2) is 23.9 Å². The zero-order valence-electron chi connectivity index (χ0n) is 21.4. The monoisotopic (exact) mass is 545 g/mol. The van der Waals surface area contributed by atoms with Crippen molar-refractivity contribution in [2.24, 2.45) is 5.10 Å². The molecule has 0 bridgehead atoms. The standard InChI is InChI=1S/C29H24ClN3O6/c1-17(2)38-26(34)16-37-27-19(12-20(30)14-24(27)36-3)15-31-33-28(25-13-18-8-4-7-11-23(18)39-25)32-22-10-6-5-9-21(22)29(33)35/h4-15,17H,16H2,1-3H3. The minimum Gasteiger partial charge on any atom is -0.493 e. The van der Waals surface area contributed by atoms with Crippen LogP contribution in [0.5, 0.6) is 11.5 Å². The Morgan fingerprint density at radius 3 is 2.67 bits per heavy atom. The van der Waals surface area contributed by atoms with Gasteiger partial charge in [0.1, 0.15) is 5.58 Å². The van der Waals surface area contributed by atoms with E-state index in [2.05, 4.69) is 10.1 Å². The van der Waals surface area contributed by atoms with Gasteiger partial charge in [0.25, 0.3) is 5.56 Å². The fourth-order valence-corrected chi connectivity index (χ4v) is 4.24. The van der Waals surface area contributed by atoms with Gasteiger partial charge < -0.3 is 18.6 Å². The number of nitrogens with zero attached hydrogens (tertiary/aromatic N) is 3. The number of methoxy groups -OCH3 is 1. The van der Waals surface area contributed by atoms with Gasteiger partial charge in [-0.2, -0.15) is 9.78 Å². The van der Waals surface area contributed by atoms with E-state index in [0.717, 1.165) is 10.1 Å². The summed E-state index contributed by atoms with van der Waals surface area (Å²) in [7, 11) is 1.45. The summed E-state index contributed by atoms with van der Waals surface area (Å²) < 4.78 is 23.5. The molecule has 0 aliphatic carbocycles. The number of ether oxygens (including phenoxy) is 3. The molecule has 198 valence electrons. The highest BCUT2D eigenvalue weighted by atomic mass is 35.5. The van der Waals surface area contributed by atoms with Crippen molar-refractivity contribution in [2.45, 2.75) is 20.0 Å². The summed E-state index contributed by atoms with van der Waals surface area (Å²) in [6, 6.07) is 19.4. The van der Waals surface area contributed by atoms with E-state index in [9.17, 15) is 9.59 Å².